The van der Waals surface area contributed by atoms with E-state index in [-0.39, 0.29) is 19.6 Å². The van der Waals surface area contributed by atoms with Crippen molar-refractivity contribution >= 4 is 18.3 Å². The topological polar surface area (TPSA) is 151 Å². The molecular weight excluding hydrogens is 240 g/mol. The van der Waals surface area contributed by atoms with Gasteiger partial charge >= 0.3 is 18.3 Å². The van der Waals surface area contributed by atoms with E-state index < -0.39 is 24.4 Å². The Morgan fingerprint density at radius 3 is 1.47 bits per heavy atom. The van der Waals surface area contributed by atoms with Gasteiger partial charge in [-0.2, -0.15) is 0 Å². The van der Waals surface area contributed by atoms with Gasteiger partial charge in [0.2, 0.25) is 0 Å². The van der Waals surface area contributed by atoms with Crippen LogP contribution < -0.4 is 0 Å². The summed E-state index contributed by atoms with van der Waals surface area (Å²) in [5.41, 5.74) is 0. The second-order valence-electron chi connectivity index (χ2n) is 2.60. The van der Waals surface area contributed by atoms with Gasteiger partial charge in [-0.25, -0.2) is 14.4 Å². The fourth-order valence-electron chi connectivity index (χ4n) is 0.378. The number of rotatable bonds is 5. The zero-order chi connectivity index (χ0) is 13.8. The Bertz CT molecular complexity index is 231. The molecule has 0 aliphatic carbocycles. The Balaban J connectivity index is 0. The summed E-state index contributed by atoms with van der Waals surface area (Å²) in [5.74, 6) is -1.19. The summed E-state index contributed by atoms with van der Waals surface area (Å²) in [6, 6.07) is 0. The predicted octanol–water partition coefficient (Wildman–Crippen LogP) is 0.218. The highest BCUT2D eigenvalue weighted by Gasteiger charge is 2.01. The number of hydrogen-bond acceptors (Lipinski definition) is 6. The molecule has 0 aliphatic heterocycles. The van der Waals surface area contributed by atoms with Crippen molar-refractivity contribution in [3.05, 3.63) is 0 Å². The van der Waals surface area contributed by atoms with Crippen LogP contribution in [0.15, 0.2) is 0 Å². The molecule has 17 heavy (non-hydrogen) atoms. The Kier molecular flexibility index (Phi) is 10.7. The zero-order valence-electron chi connectivity index (χ0n) is 9.03. The molecule has 0 aromatic carbocycles. The van der Waals surface area contributed by atoms with Crippen molar-refractivity contribution in [1.29, 1.82) is 0 Å². The molecule has 9 heteroatoms. The first-order chi connectivity index (χ1) is 7.77. The highest BCUT2D eigenvalue weighted by Crippen LogP contribution is 1.85. The van der Waals surface area contributed by atoms with E-state index >= 15 is 0 Å². The van der Waals surface area contributed by atoms with Crippen LogP contribution in [0, 0.1) is 0 Å². The summed E-state index contributed by atoms with van der Waals surface area (Å²) in [4.78, 5) is 28.9. The van der Waals surface area contributed by atoms with Crippen molar-refractivity contribution in [2.45, 2.75) is 19.4 Å². The minimum absolute atomic E-state index is 0.0530. The maximum Gasteiger partial charge on any atom is 0.505 e. The molecule has 0 bridgehead atoms. The maximum absolute atomic E-state index is 9.72. The molecule has 4 N–H and O–H groups in total. The van der Waals surface area contributed by atoms with Crippen molar-refractivity contribution in [1.82, 2.24) is 0 Å². The smallest absolute Gasteiger partial charge is 0.479 e. The van der Waals surface area contributed by atoms with Crippen LogP contribution in [0.4, 0.5) is 9.59 Å². The van der Waals surface area contributed by atoms with E-state index in [9.17, 15) is 14.4 Å². The number of aliphatic carboxylic acids is 1. The average Bonchev–Trinajstić information content (AvgIpc) is 2.17. The number of ether oxygens (including phenoxy) is 2. The number of carboxylic acids is 1. The average molecular weight is 254 g/mol. The number of aliphatic hydroxyl groups excluding tert-OH is 1. The van der Waals surface area contributed by atoms with Crippen LogP contribution >= 0.6 is 0 Å². The first-order valence-corrected chi connectivity index (χ1v) is 4.39. The van der Waals surface area contributed by atoms with Crippen LogP contribution in [0.2, 0.25) is 0 Å². The second kappa shape index (κ2) is 10.5. The van der Waals surface area contributed by atoms with E-state index in [0.29, 0.717) is 0 Å². The molecule has 0 aromatic heterocycles. The summed E-state index contributed by atoms with van der Waals surface area (Å²) < 4.78 is 8.13. The molecule has 1 unspecified atom stereocenters. The van der Waals surface area contributed by atoms with E-state index in [2.05, 4.69) is 9.47 Å². The van der Waals surface area contributed by atoms with Crippen LogP contribution in [0.5, 0.6) is 0 Å². The van der Waals surface area contributed by atoms with Gasteiger partial charge in [-0.05, 0) is 6.92 Å². The summed E-state index contributed by atoms with van der Waals surface area (Å²) >= 11 is 0. The van der Waals surface area contributed by atoms with E-state index in [1.54, 1.807) is 0 Å². The molecule has 100 valence electrons. The lowest BCUT2D eigenvalue weighted by molar-refractivity contribution is -0.145. The molecule has 1 atom stereocenters. The van der Waals surface area contributed by atoms with Crippen molar-refractivity contribution in [2.24, 2.45) is 0 Å². The third-order valence-corrected chi connectivity index (χ3v) is 1.10. The van der Waals surface area contributed by atoms with E-state index in [4.69, 9.17) is 20.4 Å². The summed E-state index contributed by atoms with van der Waals surface area (Å²) in [6.45, 7) is 1.09. The number of hydrogen-bond donors (Lipinski definition) is 4. The van der Waals surface area contributed by atoms with Crippen molar-refractivity contribution in [3.63, 3.8) is 0 Å². The molecule has 0 aliphatic rings. The highest BCUT2D eigenvalue weighted by atomic mass is 16.7. The molecule has 9 nitrogen and oxygen atoms in total. The lowest BCUT2D eigenvalue weighted by Gasteiger charge is -1.99. The first kappa shape index (κ1) is 17.4. The SMILES string of the molecule is CC(O)C(=O)O.O=C(O)OCCCOC(=O)O. The van der Waals surface area contributed by atoms with Gasteiger partial charge in [-0.15, -0.1) is 0 Å². The second-order valence-corrected chi connectivity index (χ2v) is 2.60. The minimum atomic E-state index is -1.37. The molecule has 0 aromatic rings. The van der Waals surface area contributed by atoms with Crippen LogP contribution in [-0.4, -0.2) is 58.0 Å². The molecule has 0 heterocycles. The van der Waals surface area contributed by atoms with Crippen molar-refractivity contribution in [3.8, 4) is 0 Å². The lowest BCUT2D eigenvalue weighted by Crippen LogP contribution is -2.13. The first-order valence-electron chi connectivity index (χ1n) is 4.39. The van der Waals surface area contributed by atoms with Gasteiger partial charge in [0.1, 0.15) is 6.10 Å². The highest BCUT2D eigenvalue weighted by molar-refractivity contribution is 5.71. The van der Waals surface area contributed by atoms with Gasteiger partial charge in [0.25, 0.3) is 0 Å². The van der Waals surface area contributed by atoms with E-state index in [1.165, 1.54) is 6.92 Å². The standard InChI is InChI=1S/C5H8O6.C3H6O3/c6-4(7)10-2-1-3-11-5(8)9;1-2(4)3(5)6/h1-3H2,(H,6,7)(H,8,9);2,4H,1H3,(H,5,6). The summed E-state index contributed by atoms with van der Waals surface area (Å²) in [6.07, 6.45) is -3.75. The fourth-order valence-corrected chi connectivity index (χ4v) is 0.378. The summed E-state index contributed by atoms with van der Waals surface area (Å²) in [5, 5.41) is 31.7. The van der Waals surface area contributed by atoms with Crippen molar-refractivity contribution in [2.75, 3.05) is 13.2 Å². The number of carbonyl (C=O) groups is 3. The monoisotopic (exact) mass is 254 g/mol. The van der Waals surface area contributed by atoms with Crippen molar-refractivity contribution < 1.29 is 44.3 Å². The quantitative estimate of drug-likeness (QED) is 0.398. The Morgan fingerprint density at radius 1 is 1.00 bits per heavy atom. The Hall–Kier alpha value is -2.03. The van der Waals surface area contributed by atoms with Crippen LogP contribution in [0.25, 0.3) is 0 Å². The van der Waals surface area contributed by atoms with Gasteiger partial charge in [0.05, 0.1) is 13.2 Å². The molecule has 0 spiro atoms. The molecule has 0 rings (SSSR count). The molecule has 0 fully saturated rings. The Morgan fingerprint density at radius 2 is 1.29 bits per heavy atom. The molecule has 0 amide bonds. The van der Waals surface area contributed by atoms with Gasteiger partial charge in [0.15, 0.2) is 0 Å². The van der Waals surface area contributed by atoms with Crippen LogP contribution in [-0.2, 0) is 14.3 Å². The van der Waals surface area contributed by atoms with Crippen LogP contribution in [0.3, 0.4) is 0 Å². The van der Waals surface area contributed by atoms with Gasteiger partial charge in [0, 0.05) is 6.42 Å². The van der Waals surface area contributed by atoms with E-state index in [0.717, 1.165) is 0 Å². The molecular formula is C8H14O9. The number of carboxylic acid groups (broad SMARTS) is 3. The van der Waals surface area contributed by atoms with Gasteiger partial charge in [-0.3, -0.25) is 0 Å². The van der Waals surface area contributed by atoms with Gasteiger partial charge in [-0.1, -0.05) is 0 Å². The van der Waals surface area contributed by atoms with Crippen LogP contribution in [0.1, 0.15) is 13.3 Å². The molecule has 0 radical (unpaired) electrons. The number of aliphatic hydroxyl groups is 1. The van der Waals surface area contributed by atoms with Gasteiger partial charge < -0.3 is 29.9 Å². The molecule has 0 saturated carbocycles. The lowest BCUT2D eigenvalue weighted by atomic mass is 10.4. The van der Waals surface area contributed by atoms with E-state index in [1.807, 2.05) is 0 Å². The predicted molar refractivity (Wildman–Crippen MR) is 51.9 cm³/mol. The maximum atomic E-state index is 9.72. The zero-order valence-corrected chi connectivity index (χ0v) is 9.03. The molecule has 0 saturated heterocycles. The normalized spacial score (nSPS) is 10.5. The Labute approximate surface area is 96.2 Å². The minimum Gasteiger partial charge on any atom is -0.479 e. The third kappa shape index (κ3) is 20.1. The fraction of sp³-hybridized carbons (Fsp3) is 0.625. The largest absolute Gasteiger partial charge is 0.505 e. The third-order valence-electron chi connectivity index (χ3n) is 1.10. The summed E-state index contributed by atoms with van der Waals surface area (Å²) in [7, 11) is 0.